The molecule has 2 aromatic rings. The number of nitrogens with zero attached hydrogens (tertiary/aromatic N) is 2. The predicted molar refractivity (Wildman–Crippen MR) is 93.9 cm³/mol. The van der Waals surface area contributed by atoms with Gasteiger partial charge in [0.15, 0.2) is 0 Å². The molecule has 0 aliphatic heterocycles. The topological polar surface area (TPSA) is 29.9 Å². The molecule has 1 N–H and O–H groups in total. The SMILES string of the molecule is CCCNC(CCCc1cccs1)c1c(Br)cnn1CC. The fourth-order valence-electron chi connectivity index (χ4n) is 2.56. The minimum Gasteiger partial charge on any atom is -0.309 e. The maximum atomic E-state index is 4.45. The molecule has 2 aromatic heterocycles. The Bertz CT molecular complexity index is 522. The van der Waals surface area contributed by atoms with Gasteiger partial charge < -0.3 is 5.32 Å². The molecule has 1 atom stereocenters. The van der Waals surface area contributed by atoms with E-state index in [1.807, 2.05) is 17.5 Å². The summed E-state index contributed by atoms with van der Waals surface area (Å²) in [6, 6.07) is 4.74. The number of halogens is 1. The van der Waals surface area contributed by atoms with Gasteiger partial charge in [0.25, 0.3) is 0 Å². The fraction of sp³-hybridized carbons (Fsp3) is 0.562. The summed E-state index contributed by atoms with van der Waals surface area (Å²) < 4.78 is 3.22. The summed E-state index contributed by atoms with van der Waals surface area (Å²) in [6.07, 6.45) is 6.57. The zero-order chi connectivity index (χ0) is 15.1. The second-order valence-corrected chi connectivity index (χ2v) is 7.06. The Balaban J connectivity index is 2.01. The highest BCUT2D eigenvalue weighted by atomic mass is 79.9. The molecule has 21 heavy (non-hydrogen) atoms. The van der Waals surface area contributed by atoms with Gasteiger partial charge in [-0.1, -0.05) is 13.0 Å². The van der Waals surface area contributed by atoms with Gasteiger partial charge >= 0.3 is 0 Å². The third-order valence-electron chi connectivity index (χ3n) is 3.60. The molecule has 2 rings (SSSR count). The Morgan fingerprint density at radius 1 is 1.43 bits per heavy atom. The highest BCUT2D eigenvalue weighted by molar-refractivity contribution is 9.10. The van der Waals surface area contributed by atoms with E-state index >= 15 is 0 Å². The smallest absolute Gasteiger partial charge is 0.0695 e. The van der Waals surface area contributed by atoms with E-state index in [-0.39, 0.29) is 0 Å². The Labute approximate surface area is 139 Å². The van der Waals surface area contributed by atoms with Crippen molar-refractivity contribution in [3.05, 3.63) is 38.8 Å². The van der Waals surface area contributed by atoms with Crippen LogP contribution in [0.5, 0.6) is 0 Å². The lowest BCUT2D eigenvalue weighted by molar-refractivity contribution is 0.445. The van der Waals surface area contributed by atoms with E-state index in [1.54, 1.807) is 0 Å². The third-order valence-corrected chi connectivity index (χ3v) is 5.15. The second-order valence-electron chi connectivity index (χ2n) is 5.17. The summed E-state index contributed by atoms with van der Waals surface area (Å²) in [5.41, 5.74) is 1.29. The molecule has 2 heterocycles. The van der Waals surface area contributed by atoms with Crippen LogP contribution in [0.15, 0.2) is 28.2 Å². The predicted octanol–water partition coefficient (Wildman–Crippen LogP) is 4.79. The van der Waals surface area contributed by atoms with Crippen molar-refractivity contribution in [3.8, 4) is 0 Å². The normalized spacial score (nSPS) is 12.7. The van der Waals surface area contributed by atoms with Gasteiger partial charge in [0.05, 0.1) is 22.4 Å². The molecular weight excluding hydrogens is 346 g/mol. The molecule has 1 unspecified atom stereocenters. The molecule has 0 fully saturated rings. The van der Waals surface area contributed by atoms with Crippen LogP contribution in [0.4, 0.5) is 0 Å². The van der Waals surface area contributed by atoms with Crippen molar-refractivity contribution in [2.75, 3.05) is 6.54 Å². The van der Waals surface area contributed by atoms with Crippen molar-refractivity contribution in [1.29, 1.82) is 0 Å². The minimum atomic E-state index is 0.377. The first kappa shape index (κ1) is 16.7. The highest BCUT2D eigenvalue weighted by Crippen LogP contribution is 2.27. The van der Waals surface area contributed by atoms with Crippen molar-refractivity contribution in [2.24, 2.45) is 0 Å². The largest absolute Gasteiger partial charge is 0.309 e. The van der Waals surface area contributed by atoms with Gasteiger partial charge in [0, 0.05) is 11.4 Å². The first-order valence-electron chi connectivity index (χ1n) is 7.73. The highest BCUT2D eigenvalue weighted by Gasteiger charge is 2.18. The summed E-state index contributed by atoms with van der Waals surface area (Å²) in [5.74, 6) is 0. The van der Waals surface area contributed by atoms with Crippen LogP contribution < -0.4 is 5.32 Å². The quantitative estimate of drug-likeness (QED) is 0.688. The Kier molecular flexibility index (Phi) is 6.93. The number of hydrogen-bond donors (Lipinski definition) is 1. The molecule has 0 aliphatic carbocycles. The maximum Gasteiger partial charge on any atom is 0.0695 e. The van der Waals surface area contributed by atoms with Crippen molar-refractivity contribution in [1.82, 2.24) is 15.1 Å². The monoisotopic (exact) mass is 369 g/mol. The zero-order valence-corrected chi connectivity index (χ0v) is 15.2. The number of aromatic nitrogens is 2. The second kappa shape index (κ2) is 8.71. The molecule has 0 radical (unpaired) electrons. The van der Waals surface area contributed by atoms with Crippen LogP contribution in [-0.4, -0.2) is 16.3 Å². The molecule has 0 saturated heterocycles. The van der Waals surface area contributed by atoms with Crippen LogP contribution in [0, 0.1) is 0 Å². The molecule has 0 aromatic carbocycles. The summed E-state index contributed by atoms with van der Waals surface area (Å²) >= 11 is 5.51. The van der Waals surface area contributed by atoms with E-state index in [0.717, 1.165) is 30.4 Å². The van der Waals surface area contributed by atoms with Gasteiger partial charge in [-0.2, -0.15) is 5.10 Å². The number of hydrogen-bond acceptors (Lipinski definition) is 3. The number of rotatable bonds is 9. The standard InChI is InChI=1S/C16H24BrN3S/c1-3-10-18-15(9-5-7-13-8-6-11-21-13)16-14(17)12-19-20(16)4-2/h6,8,11-12,15,18H,3-5,7,9-10H2,1-2H3. The lowest BCUT2D eigenvalue weighted by Crippen LogP contribution is -2.25. The van der Waals surface area contributed by atoms with E-state index in [1.165, 1.54) is 23.4 Å². The van der Waals surface area contributed by atoms with Gasteiger partial charge in [0.2, 0.25) is 0 Å². The van der Waals surface area contributed by atoms with E-state index in [0.29, 0.717) is 6.04 Å². The third kappa shape index (κ3) is 4.66. The zero-order valence-electron chi connectivity index (χ0n) is 12.8. The Morgan fingerprint density at radius 2 is 2.29 bits per heavy atom. The van der Waals surface area contributed by atoms with Crippen molar-refractivity contribution in [3.63, 3.8) is 0 Å². The fourth-order valence-corrected chi connectivity index (χ4v) is 3.88. The van der Waals surface area contributed by atoms with Crippen LogP contribution in [-0.2, 0) is 13.0 Å². The average molecular weight is 370 g/mol. The molecule has 0 bridgehead atoms. The maximum absolute atomic E-state index is 4.45. The molecule has 0 spiro atoms. The Hall–Kier alpha value is -0.650. The van der Waals surface area contributed by atoms with E-state index in [9.17, 15) is 0 Å². The van der Waals surface area contributed by atoms with E-state index in [4.69, 9.17) is 0 Å². The van der Waals surface area contributed by atoms with Gasteiger partial charge in [0.1, 0.15) is 0 Å². The lowest BCUT2D eigenvalue weighted by atomic mass is 10.1. The molecule has 0 amide bonds. The van der Waals surface area contributed by atoms with E-state index < -0.39 is 0 Å². The summed E-state index contributed by atoms with van der Waals surface area (Å²) in [6.45, 7) is 6.31. The average Bonchev–Trinajstić information content (AvgIpc) is 3.12. The van der Waals surface area contributed by atoms with Gasteiger partial charge in [-0.25, -0.2) is 0 Å². The molecular formula is C16H24BrN3S. The summed E-state index contributed by atoms with van der Waals surface area (Å²) in [5, 5.41) is 10.3. The molecule has 116 valence electrons. The lowest BCUT2D eigenvalue weighted by Gasteiger charge is -2.20. The van der Waals surface area contributed by atoms with Crippen LogP contribution >= 0.6 is 27.3 Å². The number of thiophene rings is 1. The molecule has 3 nitrogen and oxygen atoms in total. The van der Waals surface area contributed by atoms with Gasteiger partial charge in [-0.15, -0.1) is 11.3 Å². The minimum absolute atomic E-state index is 0.377. The number of aryl methyl sites for hydroxylation is 2. The van der Waals surface area contributed by atoms with Crippen LogP contribution in [0.2, 0.25) is 0 Å². The van der Waals surface area contributed by atoms with Gasteiger partial charge in [-0.05, 0) is 66.5 Å². The summed E-state index contributed by atoms with van der Waals surface area (Å²) in [7, 11) is 0. The molecule has 0 saturated carbocycles. The van der Waals surface area contributed by atoms with Gasteiger partial charge in [-0.3, -0.25) is 4.68 Å². The van der Waals surface area contributed by atoms with Crippen LogP contribution in [0.25, 0.3) is 0 Å². The van der Waals surface area contributed by atoms with Crippen LogP contribution in [0.1, 0.15) is 49.7 Å². The first-order valence-corrected chi connectivity index (χ1v) is 9.40. The first-order chi connectivity index (χ1) is 10.3. The molecule has 5 heteroatoms. The number of nitrogens with one attached hydrogen (secondary N) is 1. The Morgan fingerprint density at radius 3 is 2.95 bits per heavy atom. The van der Waals surface area contributed by atoms with Crippen LogP contribution in [0.3, 0.4) is 0 Å². The summed E-state index contributed by atoms with van der Waals surface area (Å²) in [4.78, 5) is 1.48. The van der Waals surface area contributed by atoms with Crippen molar-refractivity contribution >= 4 is 27.3 Å². The van der Waals surface area contributed by atoms with E-state index in [2.05, 4.69) is 62.4 Å². The molecule has 0 aliphatic rings. The van der Waals surface area contributed by atoms with Crippen molar-refractivity contribution < 1.29 is 0 Å². The van der Waals surface area contributed by atoms with Crippen molar-refractivity contribution in [2.45, 2.75) is 52.1 Å².